The first-order valence-corrected chi connectivity index (χ1v) is 6.10. The first-order valence-electron chi connectivity index (χ1n) is 6.10. The molecule has 0 bridgehead atoms. The van der Waals surface area contributed by atoms with Crippen molar-refractivity contribution >= 4 is 11.7 Å². The second-order valence-corrected chi connectivity index (χ2v) is 4.38. The van der Waals surface area contributed by atoms with Gasteiger partial charge < -0.3 is 10.0 Å². The Hall–Kier alpha value is -2.36. The molecule has 0 spiro atoms. The minimum absolute atomic E-state index is 0.311. The Morgan fingerprint density at radius 1 is 1.16 bits per heavy atom. The number of pyridine rings is 1. The van der Waals surface area contributed by atoms with Crippen LogP contribution in [-0.2, 0) is 6.42 Å². The van der Waals surface area contributed by atoms with Gasteiger partial charge in [-0.05, 0) is 48.4 Å². The molecule has 1 aromatic carbocycles. The van der Waals surface area contributed by atoms with E-state index in [1.54, 1.807) is 24.5 Å². The number of carbonyl (C=O) groups is 1. The SMILES string of the molecule is CN(CCc1ccncc1)c1ccc(C(=O)O)cc1. The summed E-state index contributed by atoms with van der Waals surface area (Å²) in [7, 11) is 2.00. The number of carboxylic acid groups (broad SMARTS) is 1. The summed E-state index contributed by atoms with van der Waals surface area (Å²) in [6.45, 7) is 0.871. The highest BCUT2D eigenvalue weighted by Crippen LogP contribution is 2.14. The lowest BCUT2D eigenvalue weighted by Gasteiger charge is -2.19. The standard InChI is InChI=1S/C15H16N2O2/c1-17(11-8-12-6-9-16-10-7-12)14-4-2-13(3-5-14)15(18)19/h2-7,9-10H,8,11H2,1H3,(H,18,19). The van der Waals surface area contributed by atoms with E-state index < -0.39 is 5.97 Å². The number of carboxylic acids is 1. The van der Waals surface area contributed by atoms with Crippen LogP contribution in [0.3, 0.4) is 0 Å². The first kappa shape index (κ1) is 13.1. The van der Waals surface area contributed by atoms with Gasteiger partial charge in [0.25, 0.3) is 0 Å². The summed E-state index contributed by atoms with van der Waals surface area (Å²) in [6, 6.07) is 10.9. The summed E-state index contributed by atoms with van der Waals surface area (Å²) in [5, 5.41) is 8.85. The van der Waals surface area contributed by atoms with E-state index in [9.17, 15) is 4.79 Å². The van der Waals surface area contributed by atoms with Gasteiger partial charge in [0.1, 0.15) is 0 Å². The Morgan fingerprint density at radius 2 is 1.79 bits per heavy atom. The zero-order valence-corrected chi connectivity index (χ0v) is 10.8. The fourth-order valence-electron chi connectivity index (χ4n) is 1.83. The minimum Gasteiger partial charge on any atom is -0.478 e. The van der Waals surface area contributed by atoms with Crippen molar-refractivity contribution in [2.24, 2.45) is 0 Å². The van der Waals surface area contributed by atoms with Crippen molar-refractivity contribution < 1.29 is 9.90 Å². The van der Waals surface area contributed by atoms with E-state index in [1.807, 2.05) is 31.3 Å². The number of hydrogen-bond donors (Lipinski definition) is 1. The van der Waals surface area contributed by atoms with E-state index in [0.29, 0.717) is 5.56 Å². The first-order chi connectivity index (χ1) is 9.16. The number of benzene rings is 1. The summed E-state index contributed by atoms with van der Waals surface area (Å²) in [5.74, 6) is -0.897. The lowest BCUT2D eigenvalue weighted by atomic mass is 10.1. The number of aromatic carboxylic acids is 1. The molecule has 4 nitrogen and oxygen atoms in total. The van der Waals surface area contributed by atoms with Crippen LogP contribution in [-0.4, -0.2) is 29.7 Å². The third-order valence-electron chi connectivity index (χ3n) is 3.04. The zero-order valence-electron chi connectivity index (χ0n) is 10.8. The summed E-state index contributed by atoms with van der Waals surface area (Å²) in [5.41, 5.74) is 2.56. The molecule has 4 heteroatoms. The Kier molecular flexibility index (Phi) is 4.13. The molecule has 0 aliphatic rings. The Bertz CT molecular complexity index is 538. The van der Waals surface area contributed by atoms with Gasteiger partial charge in [0.05, 0.1) is 5.56 Å². The quantitative estimate of drug-likeness (QED) is 0.892. The minimum atomic E-state index is -0.897. The molecular weight excluding hydrogens is 240 g/mol. The van der Waals surface area contributed by atoms with Gasteiger partial charge >= 0.3 is 5.97 Å². The van der Waals surface area contributed by atoms with Crippen LogP contribution in [0.4, 0.5) is 5.69 Å². The monoisotopic (exact) mass is 256 g/mol. The average Bonchev–Trinajstić information content (AvgIpc) is 2.46. The normalized spacial score (nSPS) is 10.2. The van der Waals surface area contributed by atoms with Crippen molar-refractivity contribution in [3.8, 4) is 0 Å². The molecule has 0 unspecified atom stereocenters. The molecule has 0 saturated carbocycles. The summed E-state index contributed by atoms with van der Waals surface area (Å²) >= 11 is 0. The summed E-state index contributed by atoms with van der Waals surface area (Å²) in [4.78, 5) is 16.9. The van der Waals surface area contributed by atoms with E-state index in [2.05, 4.69) is 9.88 Å². The van der Waals surface area contributed by atoms with Gasteiger partial charge in [-0.25, -0.2) is 4.79 Å². The predicted molar refractivity (Wildman–Crippen MR) is 74.6 cm³/mol. The highest BCUT2D eigenvalue weighted by Gasteiger charge is 2.04. The molecule has 0 radical (unpaired) electrons. The average molecular weight is 256 g/mol. The second-order valence-electron chi connectivity index (χ2n) is 4.38. The van der Waals surface area contributed by atoms with E-state index in [1.165, 1.54) is 5.56 Å². The highest BCUT2D eigenvalue weighted by molar-refractivity contribution is 5.88. The molecule has 0 aliphatic carbocycles. The van der Waals surface area contributed by atoms with Crippen molar-refractivity contribution in [3.63, 3.8) is 0 Å². The largest absolute Gasteiger partial charge is 0.478 e. The van der Waals surface area contributed by atoms with Crippen molar-refractivity contribution in [2.75, 3.05) is 18.5 Å². The molecule has 0 aliphatic heterocycles. The lowest BCUT2D eigenvalue weighted by molar-refractivity contribution is 0.0697. The number of rotatable bonds is 5. The van der Waals surface area contributed by atoms with Crippen molar-refractivity contribution in [1.82, 2.24) is 4.98 Å². The topological polar surface area (TPSA) is 53.4 Å². The number of aromatic nitrogens is 1. The summed E-state index contributed by atoms with van der Waals surface area (Å²) in [6.07, 6.45) is 4.51. The van der Waals surface area contributed by atoms with Crippen molar-refractivity contribution in [1.29, 1.82) is 0 Å². The van der Waals surface area contributed by atoms with Gasteiger partial charge in [0, 0.05) is 31.7 Å². The Morgan fingerprint density at radius 3 is 2.37 bits per heavy atom. The zero-order chi connectivity index (χ0) is 13.7. The van der Waals surface area contributed by atoms with Gasteiger partial charge in [-0.15, -0.1) is 0 Å². The van der Waals surface area contributed by atoms with Crippen LogP contribution in [0.2, 0.25) is 0 Å². The van der Waals surface area contributed by atoms with Gasteiger partial charge in [0.15, 0.2) is 0 Å². The predicted octanol–water partition coefficient (Wildman–Crippen LogP) is 2.46. The molecule has 1 aromatic heterocycles. The maximum absolute atomic E-state index is 10.8. The lowest BCUT2D eigenvalue weighted by Crippen LogP contribution is -2.20. The van der Waals surface area contributed by atoms with Gasteiger partial charge in [-0.1, -0.05) is 0 Å². The van der Waals surface area contributed by atoms with Crippen LogP contribution >= 0.6 is 0 Å². The van der Waals surface area contributed by atoms with Gasteiger partial charge in [0.2, 0.25) is 0 Å². The van der Waals surface area contributed by atoms with E-state index >= 15 is 0 Å². The molecular formula is C15H16N2O2. The molecule has 1 heterocycles. The molecule has 19 heavy (non-hydrogen) atoms. The van der Waals surface area contributed by atoms with E-state index in [4.69, 9.17) is 5.11 Å². The van der Waals surface area contributed by atoms with Crippen LogP contribution < -0.4 is 4.90 Å². The third kappa shape index (κ3) is 3.55. The molecule has 2 aromatic rings. The fraction of sp³-hybridized carbons (Fsp3) is 0.200. The molecule has 98 valence electrons. The van der Waals surface area contributed by atoms with Crippen LogP contribution in [0.15, 0.2) is 48.8 Å². The molecule has 0 atom stereocenters. The van der Waals surface area contributed by atoms with Crippen LogP contribution in [0.1, 0.15) is 15.9 Å². The summed E-state index contributed by atoms with van der Waals surface area (Å²) < 4.78 is 0. The van der Waals surface area contributed by atoms with Crippen molar-refractivity contribution in [2.45, 2.75) is 6.42 Å². The van der Waals surface area contributed by atoms with Gasteiger partial charge in [-0.3, -0.25) is 4.98 Å². The molecule has 0 saturated heterocycles. The maximum atomic E-state index is 10.8. The van der Waals surface area contributed by atoms with Crippen LogP contribution in [0.25, 0.3) is 0 Å². The molecule has 0 amide bonds. The Balaban J connectivity index is 1.96. The number of hydrogen-bond acceptors (Lipinski definition) is 3. The second kappa shape index (κ2) is 6.00. The Labute approximate surface area is 112 Å². The molecule has 0 fully saturated rings. The van der Waals surface area contributed by atoms with Crippen molar-refractivity contribution in [3.05, 3.63) is 59.9 Å². The number of anilines is 1. The fourth-order valence-corrected chi connectivity index (χ4v) is 1.83. The number of nitrogens with zero attached hydrogens (tertiary/aromatic N) is 2. The maximum Gasteiger partial charge on any atom is 0.335 e. The van der Waals surface area contributed by atoms with Gasteiger partial charge in [-0.2, -0.15) is 0 Å². The van der Waals surface area contributed by atoms with E-state index in [0.717, 1.165) is 18.7 Å². The van der Waals surface area contributed by atoms with Crippen LogP contribution in [0, 0.1) is 0 Å². The molecule has 1 N–H and O–H groups in total. The highest BCUT2D eigenvalue weighted by atomic mass is 16.4. The van der Waals surface area contributed by atoms with Crippen LogP contribution in [0.5, 0.6) is 0 Å². The smallest absolute Gasteiger partial charge is 0.335 e. The number of likely N-dealkylation sites (N-methyl/N-ethyl adjacent to an activating group) is 1. The third-order valence-corrected chi connectivity index (χ3v) is 3.04. The van der Waals surface area contributed by atoms with E-state index in [-0.39, 0.29) is 0 Å². The molecule has 2 rings (SSSR count).